The van der Waals surface area contributed by atoms with Crippen LogP contribution in [0.5, 0.6) is 17.2 Å². The van der Waals surface area contributed by atoms with Crippen molar-refractivity contribution in [3.63, 3.8) is 0 Å². The van der Waals surface area contributed by atoms with Gasteiger partial charge in [0.05, 0.1) is 42.0 Å². The summed E-state index contributed by atoms with van der Waals surface area (Å²) >= 11 is 0. The first-order valence-corrected chi connectivity index (χ1v) is 23.4. The molecule has 5 heterocycles. The molecule has 1 amide bonds. The number of ketones is 1. The van der Waals surface area contributed by atoms with Gasteiger partial charge in [-0.3, -0.25) is 19.8 Å². The number of rotatable bonds is 12. The standard InChI is InChI=1S/C52H65N5O9/c1-29(2)13-12-20-50(8)21-19-33-43(64-50)32(15-14-30(3)4)45-40(44(33)63-38(59)17-16-37(58)57-25-23-55(9)24-26-57)42-41-39(35(28-53)47(54)56(42)10)34-27-36-49(6,7)66-51(46(34)60,52(36,41)65-45)22-18-31(5)48(61)62-11/h13-14,18-19,21,34-36,39,54H,12,15-17,20,22-27H2,1-11H3. The lowest BCUT2D eigenvalue weighted by atomic mass is 9.44. The minimum atomic E-state index is -1.67. The van der Waals surface area contributed by atoms with Gasteiger partial charge in [-0.2, -0.15) is 5.26 Å². The summed E-state index contributed by atoms with van der Waals surface area (Å²) in [6.45, 7) is 18.4. The highest BCUT2D eigenvalue weighted by Gasteiger charge is 2.84. The number of amides is 1. The Morgan fingerprint density at radius 1 is 0.970 bits per heavy atom. The number of fused-ring (bicyclic) bond motifs is 3. The number of piperazine rings is 1. The third-order valence-corrected chi connectivity index (χ3v) is 15.2. The lowest BCUT2D eigenvalue weighted by molar-refractivity contribution is -0.183. The lowest BCUT2D eigenvalue weighted by Gasteiger charge is -2.64. The molecule has 1 aromatic carbocycles. The average Bonchev–Trinajstić information content (AvgIpc) is 3.41. The van der Waals surface area contributed by atoms with E-state index in [1.54, 1.807) is 29.8 Å². The Morgan fingerprint density at radius 2 is 1.67 bits per heavy atom. The molecule has 5 fully saturated rings. The minimum absolute atomic E-state index is 0.00451. The van der Waals surface area contributed by atoms with E-state index in [0.717, 1.165) is 25.1 Å². The summed E-state index contributed by atoms with van der Waals surface area (Å²) in [6.07, 6.45) is 11.7. The molecule has 0 radical (unpaired) electrons. The Hall–Kier alpha value is -5.52. The number of methoxy groups -OCH3 is 1. The van der Waals surface area contributed by atoms with Gasteiger partial charge in [0.2, 0.25) is 5.91 Å². The van der Waals surface area contributed by atoms with Crippen molar-refractivity contribution in [1.82, 2.24) is 14.7 Å². The summed E-state index contributed by atoms with van der Waals surface area (Å²) in [7, 11) is 5.06. The van der Waals surface area contributed by atoms with Gasteiger partial charge >= 0.3 is 11.9 Å². The van der Waals surface area contributed by atoms with Crippen molar-refractivity contribution in [1.29, 1.82) is 10.7 Å². The number of amidine groups is 1. The number of Topliss-reactive ketones (excluding diaryl/α,β-unsaturated/α-hetero) is 1. The molecule has 5 aliphatic heterocycles. The number of allylic oxidation sites excluding steroid dienone is 4. The van der Waals surface area contributed by atoms with E-state index in [9.17, 15) is 25.1 Å². The zero-order valence-electron chi connectivity index (χ0n) is 40.4. The maximum atomic E-state index is 15.5. The predicted molar refractivity (Wildman–Crippen MR) is 249 cm³/mol. The van der Waals surface area contributed by atoms with Crippen LogP contribution in [-0.4, -0.2) is 114 Å². The Labute approximate surface area is 388 Å². The van der Waals surface area contributed by atoms with Gasteiger partial charge in [0.15, 0.2) is 22.7 Å². The number of nitrogens with one attached hydrogen (secondary N) is 1. The molecule has 1 spiro atoms. The van der Waals surface area contributed by atoms with Crippen LogP contribution in [0, 0.1) is 40.4 Å². The number of nitrogens with zero attached hydrogens (tertiary/aromatic N) is 4. The van der Waals surface area contributed by atoms with Gasteiger partial charge in [0.25, 0.3) is 0 Å². The van der Waals surface area contributed by atoms with E-state index in [4.69, 9.17) is 23.7 Å². The van der Waals surface area contributed by atoms with Gasteiger partial charge in [-0.25, -0.2) is 4.79 Å². The fraction of sp³-hybridized carbons (Fsp3) is 0.577. The van der Waals surface area contributed by atoms with Crippen molar-refractivity contribution in [3.8, 4) is 23.3 Å². The lowest BCUT2D eigenvalue weighted by Crippen LogP contribution is -2.76. The van der Waals surface area contributed by atoms with Crippen LogP contribution < -0.4 is 14.2 Å². The number of esters is 2. The van der Waals surface area contributed by atoms with Crippen LogP contribution in [0.1, 0.15) is 111 Å². The molecule has 7 atom stereocenters. The quantitative estimate of drug-likeness (QED) is 0.0958. The zero-order chi connectivity index (χ0) is 47.8. The summed E-state index contributed by atoms with van der Waals surface area (Å²) in [4.78, 5) is 61.8. The highest BCUT2D eigenvalue weighted by Crippen LogP contribution is 2.74. The second-order valence-corrected chi connectivity index (χ2v) is 20.5. The number of ether oxygens (including phenoxy) is 5. The molecule has 1 aromatic rings. The average molecular weight is 904 g/mol. The summed E-state index contributed by atoms with van der Waals surface area (Å²) in [5, 5.41) is 20.5. The number of benzene rings is 1. The Balaban J connectivity index is 1.40. The molecule has 66 heavy (non-hydrogen) atoms. The first-order chi connectivity index (χ1) is 31.1. The van der Waals surface area contributed by atoms with Gasteiger partial charge in [-0.1, -0.05) is 29.4 Å². The fourth-order valence-electron chi connectivity index (χ4n) is 11.8. The Morgan fingerprint density at radius 3 is 2.32 bits per heavy atom. The largest absolute Gasteiger partial charge is 0.482 e. The van der Waals surface area contributed by atoms with E-state index in [0.29, 0.717) is 77.4 Å². The molecule has 0 aromatic heterocycles. The van der Waals surface area contributed by atoms with Crippen molar-refractivity contribution in [2.45, 2.75) is 123 Å². The van der Waals surface area contributed by atoms with Crippen LogP contribution in [0.3, 0.4) is 0 Å². The molecule has 9 rings (SSSR count). The maximum Gasteiger partial charge on any atom is 0.333 e. The summed E-state index contributed by atoms with van der Waals surface area (Å²) in [6, 6.07) is 2.40. The van der Waals surface area contributed by atoms with Crippen molar-refractivity contribution in [2.75, 3.05) is 47.4 Å². The van der Waals surface area contributed by atoms with E-state index in [1.807, 2.05) is 53.8 Å². The number of carbonyl (C=O) groups excluding carboxylic acids is 4. The van der Waals surface area contributed by atoms with Crippen LogP contribution in [0.15, 0.2) is 46.6 Å². The predicted octanol–water partition coefficient (Wildman–Crippen LogP) is 7.36. The molecule has 352 valence electrons. The number of carbonyl (C=O) groups is 4. The van der Waals surface area contributed by atoms with Crippen LogP contribution in [0.4, 0.5) is 0 Å². The van der Waals surface area contributed by atoms with Gasteiger partial charge in [0.1, 0.15) is 28.9 Å². The second-order valence-electron chi connectivity index (χ2n) is 20.5. The van der Waals surface area contributed by atoms with Crippen molar-refractivity contribution in [2.24, 2.45) is 23.7 Å². The summed E-state index contributed by atoms with van der Waals surface area (Å²) in [5.41, 5.74) is 0.360. The Bertz CT molecular complexity index is 2490. The molecule has 8 aliphatic rings. The first kappa shape index (κ1) is 47.0. The SMILES string of the molecule is COC(=O)C(C)=CCC12OC(C)(C)C3CC(C1=O)C1C4=C(c5c(OC(=O)CCC(=O)N6CCN(C)CC6)c6c(c(CC=C(C)C)c5OC432)OC(C)(CCC=C(C)C)C=C6)N(C)C(=N)C1C#N. The summed E-state index contributed by atoms with van der Waals surface area (Å²) in [5.74, 6) is -3.49. The number of hydrogen-bond acceptors (Lipinski definition) is 12. The molecule has 14 nitrogen and oxygen atoms in total. The molecule has 4 bridgehead atoms. The van der Waals surface area contributed by atoms with Crippen LogP contribution in [0.2, 0.25) is 0 Å². The highest BCUT2D eigenvalue weighted by molar-refractivity contribution is 6.06. The molecule has 7 unspecified atom stereocenters. The second kappa shape index (κ2) is 17.0. The molecule has 3 aliphatic carbocycles. The van der Waals surface area contributed by atoms with Crippen LogP contribution in [0.25, 0.3) is 11.8 Å². The molecule has 1 N–H and O–H groups in total. The van der Waals surface area contributed by atoms with E-state index < -0.39 is 58.0 Å². The molecule has 2 saturated heterocycles. The molecular weight excluding hydrogens is 839 g/mol. The third kappa shape index (κ3) is 7.32. The number of hydrogen-bond donors (Lipinski definition) is 1. The zero-order valence-corrected chi connectivity index (χ0v) is 40.4. The van der Waals surface area contributed by atoms with Gasteiger partial charge in [-0.15, -0.1) is 0 Å². The van der Waals surface area contributed by atoms with Crippen molar-refractivity contribution >= 4 is 41.2 Å². The number of nitriles is 1. The van der Waals surface area contributed by atoms with E-state index in [1.165, 1.54) is 12.7 Å². The third-order valence-electron chi connectivity index (χ3n) is 15.2. The van der Waals surface area contributed by atoms with Gasteiger partial charge < -0.3 is 38.4 Å². The molecule has 14 heteroatoms. The normalized spacial score (nSPS) is 30.1. The monoisotopic (exact) mass is 903 g/mol. The fourth-order valence-corrected chi connectivity index (χ4v) is 11.8. The topological polar surface area (TPSA) is 172 Å². The van der Waals surface area contributed by atoms with Crippen LogP contribution in [-0.2, 0) is 35.1 Å². The molecular formula is C52H65N5O9. The Kier molecular flexibility index (Phi) is 12.1. The van der Waals surface area contributed by atoms with Crippen LogP contribution >= 0.6 is 0 Å². The number of likely N-dealkylation sites (N-methyl/N-ethyl adjacent to an activating group) is 1. The van der Waals surface area contributed by atoms with E-state index in [-0.39, 0.29) is 42.5 Å². The highest BCUT2D eigenvalue weighted by atomic mass is 16.6. The first-order valence-electron chi connectivity index (χ1n) is 23.4. The molecule has 3 saturated carbocycles. The maximum absolute atomic E-state index is 15.5. The van der Waals surface area contributed by atoms with Gasteiger partial charge in [-0.05, 0) is 100 Å². The van der Waals surface area contributed by atoms with Crippen molar-refractivity contribution < 1.29 is 42.9 Å². The van der Waals surface area contributed by atoms with E-state index in [2.05, 4.69) is 37.0 Å². The van der Waals surface area contributed by atoms with Gasteiger partial charge in [0, 0.05) is 80.5 Å². The smallest absolute Gasteiger partial charge is 0.333 e. The summed E-state index contributed by atoms with van der Waals surface area (Å²) < 4.78 is 33.8. The minimum Gasteiger partial charge on any atom is -0.482 e. The van der Waals surface area contributed by atoms with Crippen molar-refractivity contribution in [3.05, 3.63) is 63.3 Å². The van der Waals surface area contributed by atoms with E-state index >= 15 is 4.79 Å².